The molecule has 1 aromatic heterocycles. The van der Waals surface area contributed by atoms with Crippen LogP contribution in [0, 0.1) is 12.3 Å². The lowest BCUT2D eigenvalue weighted by Gasteiger charge is -2.27. The number of carbonyl (C=O) groups is 2. The van der Waals surface area contributed by atoms with Gasteiger partial charge in [0.05, 0.1) is 12.1 Å². The zero-order chi connectivity index (χ0) is 19.8. The monoisotopic (exact) mass is 398 g/mol. The summed E-state index contributed by atoms with van der Waals surface area (Å²) < 4.78 is 39.7. The molecular weight excluding hydrogens is 381 g/mol. The van der Waals surface area contributed by atoms with Gasteiger partial charge < -0.3 is 10.0 Å². The first-order valence-electron chi connectivity index (χ1n) is 8.22. The van der Waals surface area contributed by atoms with Crippen molar-refractivity contribution in [2.45, 2.75) is 25.9 Å². The van der Waals surface area contributed by atoms with E-state index in [1.54, 1.807) is 5.38 Å². The Hall–Kier alpha value is -2.42. The third kappa shape index (κ3) is 3.69. The molecule has 1 saturated heterocycles. The molecule has 9 heteroatoms. The average Bonchev–Trinajstić information content (AvgIpc) is 3.22. The van der Waals surface area contributed by atoms with Gasteiger partial charge in [-0.1, -0.05) is 29.8 Å². The van der Waals surface area contributed by atoms with Gasteiger partial charge in [-0.15, -0.1) is 11.3 Å². The number of nitrogens with zero attached hydrogens (tertiary/aromatic N) is 2. The largest absolute Gasteiger partial charge is 0.481 e. The van der Waals surface area contributed by atoms with Crippen molar-refractivity contribution in [1.29, 1.82) is 0 Å². The number of hydrogen-bond acceptors (Lipinski definition) is 4. The number of aliphatic carboxylic acids is 1. The van der Waals surface area contributed by atoms with Crippen molar-refractivity contribution in [2.24, 2.45) is 5.41 Å². The van der Waals surface area contributed by atoms with E-state index in [4.69, 9.17) is 5.11 Å². The second-order valence-electron chi connectivity index (χ2n) is 6.64. The summed E-state index contributed by atoms with van der Waals surface area (Å²) in [5, 5.41) is 11.5. The molecule has 0 saturated carbocycles. The van der Waals surface area contributed by atoms with Crippen LogP contribution in [0.3, 0.4) is 0 Å². The highest BCUT2D eigenvalue weighted by atomic mass is 32.1. The summed E-state index contributed by atoms with van der Waals surface area (Å²) in [6.07, 6.45) is -5.70. The van der Waals surface area contributed by atoms with Gasteiger partial charge in [0.2, 0.25) is 5.91 Å². The molecule has 144 valence electrons. The van der Waals surface area contributed by atoms with Crippen LogP contribution in [-0.4, -0.2) is 46.1 Å². The van der Waals surface area contributed by atoms with Crippen molar-refractivity contribution < 1.29 is 27.9 Å². The third-order valence-electron chi connectivity index (χ3n) is 4.76. The Morgan fingerprint density at radius 2 is 1.96 bits per heavy atom. The molecule has 1 fully saturated rings. The van der Waals surface area contributed by atoms with E-state index >= 15 is 0 Å². The molecule has 1 aromatic carbocycles. The number of amides is 1. The smallest absolute Gasteiger partial charge is 0.406 e. The van der Waals surface area contributed by atoms with E-state index in [1.165, 1.54) is 11.3 Å². The Balaban J connectivity index is 1.70. The highest BCUT2D eigenvalue weighted by molar-refractivity contribution is 7.13. The van der Waals surface area contributed by atoms with Gasteiger partial charge in [-0.05, 0) is 13.3 Å². The van der Waals surface area contributed by atoms with E-state index in [-0.39, 0.29) is 13.0 Å². The van der Waals surface area contributed by atoms with Crippen LogP contribution >= 0.6 is 11.3 Å². The van der Waals surface area contributed by atoms with E-state index in [0.29, 0.717) is 5.69 Å². The number of rotatable bonds is 4. The van der Waals surface area contributed by atoms with Crippen LogP contribution in [0.4, 0.5) is 13.2 Å². The molecular formula is C18H17F3N2O3S. The average molecular weight is 398 g/mol. The van der Waals surface area contributed by atoms with Crippen LogP contribution in [0.25, 0.3) is 10.6 Å². The van der Waals surface area contributed by atoms with Crippen molar-refractivity contribution in [3.63, 3.8) is 0 Å². The van der Waals surface area contributed by atoms with Crippen LogP contribution in [0.1, 0.15) is 17.7 Å². The minimum atomic E-state index is -4.91. The number of aryl methyl sites for hydroxylation is 1. The zero-order valence-corrected chi connectivity index (χ0v) is 15.2. The Morgan fingerprint density at radius 3 is 2.52 bits per heavy atom. The Bertz CT molecular complexity index is 863. The summed E-state index contributed by atoms with van der Waals surface area (Å²) in [5.41, 5.74) is -0.434. The molecule has 0 radical (unpaired) electrons. The fourth-order valence-electron chi connectivity index (χ4n) is 3.03. The van der Waals surface area contributed by atoms with Gasteiger partial charge >= 0.3 is 12.1 Å². The van der Waals surface area contributed by atoms with Crippen molar-refractivity contribution in [2.75, 3.05) is 13.1 Å². The second kappa shape index (κ2) is 6.95. The first-order valence-corrected chi connectivity index (χ1v) is 9.10. The first kappa shape index (κ1) is 19.3. The molecule has 1 N–H and O–H groups in total. The van der Waals surface area contributed by atoms with E-state index in [9.17, 15) is 22.8 Å². The maximum absolute atomic E-state index is 13.2. The predicted molar refractivity (Wildman–Crippen MR) is 93.3 cm³/mol. The summed E-state index contributed by atoms with van der Waals surface area (Å²) in [4.78, 5) is 28.9. The summed E-state index contributed by atoms with van der Waals surface area (Å²) in [5.74, 6) is -2.50. The summed E-state index contributed by atoms with van der Waals surface area (Å²) in [6, 6.07) is 7.69. The van der Waals surface area contributed by atoms with Gasteiger partial charge in [-0.3, -0.25) is 9.59 Å². The fraction of sp³-hybridized carbons (Fsp3) is 0.389. The van der Waals surface area contributed by atoms with Gasteiger partial charge in [0.25, 0.3) is 0 Å². The van der Waals surface area contributed by atoms with Crippen molar-refractivity contribution in [3.05, 3.63) is 40.9 Å². The third-order valence-corrected chi connectivity index (χ3v) is 5.70. The fourth-order valence-corrected chi connectivity index (χ4v) is 3.86. The summed E-state index contributed by atoms with van der Waals surface area (Å²) in [6.45, 7) is 0.864. The normalized spacial score (nSPS) is 20.1. The SMILES string of the molecule is Cc1ccc(-c2nc(CC(=O)N3CCC(C(=O)O)(C(F)(F)F)C3)cs2)cc1. The lowest BCUT2D eigenvalue weighted by atomic mass is 9.86. The molecule has 0 bridgehead atoms. The molecule has 1 atom stereocenters. The minimum absolute atomic E-state index is 0.157. The Morgan fingerprint density at radius 1 is 1.30 bits per heavy atom. The molecule has 0 aliphatic carbocycles. The quantitative estimate of drug-likeness (QED) is 0.856. The van der Waals surface area contributed by atoms with Crippen LogP contribution in [0.2, 0.25) is 0 Å². The number of halogens is 3. The van der Waals surface area contributed by atoms with Crippen LogP contribution in [0.5, 0.6) is 0 Å². The number of likely N-dealkylation sites (tertiary alicyclic amines) is 1. The Kier molecular flexibility index (Phi) is 4.98. The standard InChI is InChI=1S/C18H17F3N2O3S/c1-11-2-4-12(5-3-11)15-22-13(9-27-15)8-14(24)23-7-6-17(10-23,16(25)26)18(19,20)21/h2-5,9H,6-8,10H2,1H3,(H,25,26). The van der Waals surface area contributed by atoms with Crippen molar-refractivity contribution in [3.8, 4) is 10.6 Å². The molecule has 1 aliphatic rings. The second-order valence-corrected chi connectivity index (χ2v) is 7.50. The van der Waals surface area contributed by atoms with Crippen LogP contribution in [0.15, 0.2) is 29.6 Å². The number of carboxylic acids is 1. The van der Waals surface area contributed by atoms with Crippen molar-refractivity contribution >= 4 is 23.2 Å². The predicted octanol–water partition coefficient (Wildman–Crippen LogP) is 3.53. The lowest BCUT2D eigenvalue weighted by Crippen LogP contribution is -2.47. The first-order chi connectivity index (χ1) is 12.6. The van der Waals surface area contributed by atoms with Gasteiger partial charge in [0, 0.05) is 24.0 Å². The molecule has 1 aliphatic heterocycles. The lowest BCUT2D eigenvalue weighted by molar-refractivity contribution is -0.227. The zero-order valence-electron chi connectivity index (χ0n) is 14.4. The number of carboxylic acid groups (broad SMARTS) is 1. The molecule has 2 heterocycles. The molecule has 27 heavy (non-hydrogen) atoms. The van der Waals surface area contributed by atoms with E-state index in [0.717, 1.165) is 21.0 Å². The summed E-state index contributed by atoms with van der Waals surface area (Å²) in [7, 11) is 0. The molecule has 3 rings (SSSR count). The van der Waals surface area contributed by atoms with Gasteiger partial charge in [0.15, 0.2) is 5.41 Å². The maximum atomic E-state index is 13.2. The summed E-state index contributed by atoms with van der Waals surface area (Å²) >= 11 is 1.35. The highest BCUT2D eigenvalue weighted by Gasteiger charge is 2.64. The number of alkyl halides is 3. The van der Waals surface area contributed by atoms with Crippen molar-refractivity contribution in [1.82, 2.24) is 9.88 Å². The topological polar surface area (TPSA) is 70.5 Å². The molecule has 0 spiro atoms. The van der Waals surface area contributed by atoms with Gasteiger partial charge in [-0.2, -0.15) is 13.2 Å². The van der Waals surface area contributed by atoms with Gasteiger partial charge in [-0.25, -0.2) is 4.98 Å². The van der Waals surface area contributed by atoms with Gasteiger partial charge in [0.1, 0.15) is 5.01 Å². The minimum Gasteiger partial charge on any atom is -0.481 e. The number of carbonyl (C=O) groups excluding carboxylic acids is 1. The van der Waals surface area contributed by atoms with Crippen LogP contribution < -0.4 is 0 Å². The molecule has 1 amide bonds. The molecule has 2 aromatic rings. The number of hydrogen-bond donors (Lipinski definition) is 1. The maximum Gasteiger partial charge on any atom is 0.406 e. The number of thiazole rings is 1. The molecule has 5 nitrogen and oxygen atoms in total. The molecule has 1 unspecified atom stereocenters. The number of aromatic nitrogens is 1. The van der Waals surface area contributed by atoms with E-state index in [1.807, 2.05) is 31.2 Å². The number of benzene rings is 1. The van der Waals surface area contributed by atoms with E-state index in [2.05, 4.69) is 4.98 Å². The highest BCUT2D eigenvalue weighted by Crippen LogP contribution is 2.45. The Labute approximate surface area is 157 Å². The van der Waals surface area contributed by atoms with Crippen LogP contribution in [-0.2, 0) is 16.0 Å². The van der Waals surface area contributed by atoms with E-state index < -0.39 is 36.4 Å².